The second-order valence-corrected chi connectivity index (χ2v) is 8.46. The van der Waals surface area contributed by atoms with Gasteiger partial charge in [0.2, 0.25) is 0 Å². The van der Waals surface area contributed by atoms with Crippen molar-refractivity contribution in [1.82, 2.24) is 9.47 Å². The molecule has 0 bridgehead atoms. The van der Waals surface area contributed by atoms with Crippen LogP contribution in [0, 0.1) is 12.8 Å². The highest BCUT2D eigenvalue weighted by Crippen LogP contribution is 2.35. The number of hydrogen-bond acceptors (Lipinski definition) is 8. The molecule has 11 nitrogen and oxygen atoms in total. The van der Waals surface area contributed by atoms with Gasteiger partial charge in [-0.05, 0) is 57.8 Å². The number of ether oxygens (including phenoxy) is 1. The number of carbonyl (C=O) groups is 3. The first-order valence-electron chi connectivity index (χ1n) is 11.2. The zero-order chi connectivity index (χ0) is 26.4. The lowest BCUT2D eigenvalue weighted by Crippen LogP contribution is -2.32. The summed E-state index contributed by atoms with van der Waals surface area (Å²) in [5.74, 6) is -6.23. The molecule has 35 heavy (non-hydrogen) atoms. The molecule has 1 aromatic carbocycles. The molecule has 2 heterocycles. The first kappa shape index (κ1) is 27.5. The largest absolute Gasteiger partial charge is 0.508 e. The molecule has 0 spiro atoms. The number of aryl methyl sites for hydroxylation is 1. The molecule has 0 radical (unpaired) electrons. The lowest BCUT2D eigenvalue weighted by atomic mass is 9.97. The summed E-state index contributed by atoms with van der Waals surface area (Å²) >= 11 is 0. The van der Waals surface area contributed by atoms with E-state index < -0.39 is 23.5 Å². The van der Waals surface area contributed by atoms with Gasteiger partial charge in [-0.1, -0.05) is 6.92 Å². The number of carboxylic acid groups (broad SMARTS) is 2. The number of likely N-dealkylation sites (tertiary alicyclic amines) is 1. The number of fused-ring (bicyclic) bond motifs is 1. The van der Waals surface area contributed by atoms with Crippen LogP contribution in [-0.4, -0.2) is 72.6 Å². The van der Waals surface area contributed by atoms with E-state index in [2.05, 4.69) is 11.8 Å². The van der Waals surface area contributed by atoms with Crippen LogP contribution in [0.5, 0.6) is 5.75 Å². The lowest BCUT2D eigenvalue weighted by molar-refractivity contribution is -0.140. The number of carboxylic acids is 2. The highest BCUT2D eigenvalue weighted by Gasteiger charge is 2.25. The number of nitrogens with zero attached hydrogens (tertiary/aromatic N) is 2. The van der Waals surface area contributed by atoms with Gasteiger partial charge in [0.05, 0.1) is 12.2 Å². The summed E-state index contributed by atoms with van der Waals surface area (Å²) in [5, 5.41) is 43.5. The molecular weight excluding hydrogens is 460 g/mol. The summed E-state index contributed by atoms with van der Waals surface area (Å²) in [6.07, 6.45) is 2.35. The number of aliphatic carboxylic acids is 2. The normalized spacial score (nSPS) is 15.2. The van der Waals surface area contributed by atoms with Crippen molar-refractivity contribution in [1.29, 1.82) is 0 Å². The third-order valence-corrected chi connectivity index (χ3v) is 6.11. The van der Waals surface area contributed by atoms with Crippen LogP contribution in [0.2, 0.25) is 0 Å². The Bertz CT molecular complexity index is 1120. The van der Waals surface area contributed by atoms with Gasteiger partial charge >= 0.3 is 17.9 Å². The van der Waals surface area contributed by atoms with E-state index in [4.69, 9.17) is 25.2 Å². The summed E-state index contributed by atoms with van der Waals surface area (Å²) < 4.78 is 7.28. The van der Waals surface area contributed by atoms with Gasteiger partial charge in [-0.2, -0.15) is 0 Å². The van der Waals surface area contributed by atoms with Gasteiger partial charge in [0.15, 0.2) is 0 Å². The zero-order valence-corrected chi connectivity index (χ0v) is 20.2. The Labute approximate surface area is 202 Å². The van der Waals surface area contributed by atoms with Gasteiger partial charge in [0, 0.05) is 35.8 Å². The smallest absolute Gasteiger partial charge is 0.375 e. The van der Waals surface area contributed by atoms with Crippen molar-refractivity contribution in [3.05, 3.63) is 40.5 Å². The molecule has 1 saturated heterocycles. The molecule has 1 aliphatic heterocycles. The van der Waals surface area contributed by atoms with E-state index in [0.717, 1.165) is 41.2 Å². The Morgan fingerprint density at radius 1 is 1.03 bits per heavy atom. The van der Waals surface area contributed by atoms with E-state index in [9.17, 15) is 19.5 Å². The van der Waals surface area contributed by atoms with Crippen LogP contribution in [-0.2, 0) is 27.9 Å². The number of hydrogen-bond donors (Lipinski definition) is 5. The summed E-state index contributed by atoms with van der Waals surface area (Å²) in [6.45, 7) is 9.07. The number of rotatable bonds is 6. The molecule has 0 aliphatic carbocycles. The van der Waals surface area contributed by atoms with Crippen molar-refractivity contribution >= 4 is 28.8 Å². The van der Waals surface area contributed by atoms with Crippen LogP contribution in [0.15, 0.2) is 23.7 Å². The molecule has 1 fully saturated rings. The SMILES string of the molecule is CCOC(=O)c1c(C)n(C)c2ccc(O)c(CN3CCC(C)CC3)c12.O=C(O)/C(O)=C(\O)C(=O)O. The number of piperidine rings is 1. The maximum atomic E-state index is 12.6. The molecule has 0 saturated carbocycles. The predicted octanol–water partition coefficient (Wildman–Crippen LogP) is 3.08. The van der Waals surface area contributed by atoms with E-state index in [1.165, 1.54) is 12.8 Å². The van der Waals surface area contributed by atoms with Crippen LogP contribution in [0.4, 0.5) is 0 Å². The maximum Gasteiger partial charge on any atom is 0.375 e. The maximum absolute atomic E-state index is 12.6. The minimum absolute atomic E-state index is 0.252. The van der Waals surface area contributed by atoms with Crippen molar-refractivity contribution < 1.29 is 44.7 Å². The number of aromatic nitrogens is 1. The number of aliphatic hydroxyl groups excluding tert-OH is 2. The van der Waals surface area contributed by atoms with E-state index in [-0.39, 0.29) is 11.7 Å². The first-order valence-corrected chi connectivity index (χ1v) is 11.2. The summed E-state index contributed by atoms with van der Waals surface area (Å²) in [4.78, 5) is 34.4. The Kier molecular flexibility index (Phi) is 9.12. The molecule has 2 aromatic rings. The molecule has 5 N–H and O–H groups in total. The molecule has 0 unspecified atom stereocenters. The molecule has 3 rings (SSSR count). The fourth-order valence-electron chi connectivity index (χ4n) is 3.97. The molecule has 1 aromatic heterocycles. The van der Waals surface area contributed by atoms with Crippen LogP contribution in [0.3, 0.4) is 0 Å². The van der Waals surface area contributed by atoms with Crippen LogP contribution in [0.25, 0.3) is 10.9 Å². The predicted molar refractivity (Wildman–Crippen MR) is 127 cm³/mol. The van der Waals surface area contributed by atoms with Crippen LogP contribution in [0.1, 0.15) is 48.3 Å². The highest BCUT2D eigenvalue weighted by molar-refractivity contribution is 6.08. The Hall–Kier alpha value is -3.73. The monoisotopic (exact) mass is 492 g/mol. The van der Waals surface area contributed by atoms with E-state index in [0.29, 0.717) is 18.7 Å². The average molecular weight is 493 g/mol. The van der Waals surface area contributed by atoms with Gasteiger partial charge in [-0.15, -0.1) is 0 Å². The van der Waals surface area contributed by atoms with Gasteiger partial charge in [-0.3, -0.25) is 4.90 Å². The van der Waals surface area contributed by atoms with Gasteiger partial charge < -0.3 is 34.8 Å². The van der Waals surface area contributed by atoms with Crippen molar-refractivity contribution in [3.63, 3.8) is 0 Å². The van der Waals surface area contributed by atoms with E-state index in [1.54, 1.807) is 6.07 Å². The second kappa shape index (κ2) is 11.6. The van der Waals surface area contributed by atoms with Gasteiger partial charge in [0.1, 0.15) is 5.75 Å². The number of phenols is 1. The van der Waals surface area contributed by atoms with Crippen molar-refractivity contribution in [2.24, 2.45) is 13.0 Å². The number of esters is 1. The van der Waals surface area contributed by atoms with Crippen LogP contribution < -0.4 is 0 Å². The molecule has 192 valence electrons. The van der Waals surface area contributed by atoms with Crippen molar-refractivity contribution in [2.45, 2.75) is 40.2 Å². The second-order valence-electron chi connectivity index (χ2n) is 8.46. The van der Waals surface area contributed by atoms with Gasteiger partial charge in [0.25, 0.3) is 11.5 Å². The summed E-state index contributed by atoms with van der Waals surface area (Å²) in [6, 6.07) is 3.61. The van der Waals surface area contributed by atoms with Crippen LogP contribution >= 0.6 is 0 Å². The Morgan fingerprint density at radius 3 is 2.06 bits per heavy atom. The van der Waals surface area contributed by atoms with Crippen molar-refractivity contribution in [2.75, 3.05) is 19.7 Å². The fraction of sp³-hybridized carbons (Fsp3) is 0.458. The number of aromatic hydroxyl groups is 1. The number of aliphatic hydroxyl groups is 2. The fourth-order valence-corrected chi connectivity index (χ4v) is 3.97. The average Bonchev–Trinajstić information content (AvgIpc) is 3.06. The third kappa shape index (κ3) is 6.24. The molecular formula is C24H32N2O9. The molecule has 11 heteroatoms. The third-order valence-electron chi connectivity index (χ3n) is 6.11. The molecule has 0 atom stereocenters. The van der Waals surface area contributed by atoms with Gasteiger partial charge in [-0.25, -0.2) is 14.4 Å². The topological polar surface area (TPSA) is 170 Å². The van der Waals surface area contributed by atoms with E-state index >= 15 is 0 Å². The Morgan fingerprint density at radius 2 is 1.57 bits per heavy atom. The molecule has 1 aliphatic rings. The number of carbonyl (C=O) groups excluding carboxylic acids is 1. The minimum atomic E-state index is -1.89. The minimum Gasteiger partial charge on any atom is -0.508 e. The number of benzene rings is 1. The quantitative estimate of drug-likeness (QED) is 0.229. The lowest BCUT2D eigenvalue weighted by Gasteiger charge is -2.30. The standard InChI is InChI=1S/C20H28N2O3.C4H4O6/c1-5-25-20(24)18-14(3)21(4)16-6-7-17(23)15(19(16)18)12-22-10-8-13(2)9-11-22;5-1(3(7)8)2(6)4(9)10/h6-7,13,23H,5,8-12H2,1-4H3;5-6H,(H,7,8)(H,9,10)/b;2-1+. The Balaban J connectivity index is 0.000000367. The molecule has 0 amide bonds. The first-order chi connectivity index (χ1) is 16.4. The summed E-state index contributed by atoms with van der Waals surface area (Å²) in [5.41, 5.74) is 3.24. The van der Waals surface area contributed by atoms with E-state index in [1.807, 2.05) is 31.5 Å². The number of phenolic OH excluding ortho intramolecular Hbond substituents is 1. The van der Waals surface area contributed by atoms with Crippen molar-refractivity contribution in [3.8, 4) is 5.75 Å². The zero-order valence-electron chi connectivity index (χ0n) is 20.2. The highest BCUT2D eigenvalue weighted by atomic mass is 16.5. The summed E-state index contributed by atoms with van der Waals surface area (Å²) in [7, 11) is 1.95.